The van der Waals surface area contributed by atoms with Crippen molar-refractivity contribution in [2.24, 2.45) is 0 Å². The normalized spacial score (nSPS) is 22.3. The Balaban J connectivity index is 1.65. The molecule has 0 radical (unpaired) electrons. The summed E-state index contributed by atoms with van der Waals surface area (Å²) in [5.41, 5.74) is 0.670. The maximum Gasteiger partial charge on any atom is 0.291 e. The van der Waals surface area contributed by atoms with Crippen molar-refractivity contribution in [1.82, 2.24) is 24.3 Å². The number of morpholine rings is 1. The molecule has 36 heavy (non-hydrogen) atoms. The van der Waals surface area contributed by atoms with Crippen molar-refractivity contribution in [3.8, 4) is 10.7 Å². The molecule has 0 aliphatic carbocycles. The molecule has 1 N–H and O–H groups in total. The quantitative estimate of drug-likeness (QED) is 0.455. The van der Waals surface area contributed by atoms with Crippen LogP contribution < -0.4 is 9.62 Å². The zero-order chi connectivity index (χ0) is 25.7. The molecule has 2 aliphatic heterocycles. The number of rotatable bonds is 8. The zero-order valence-corrected chi connectivity index (χ0v) is 21.5. The summed E-state index contributed by atoms with van der Waals surface area (Å²) >= 11 is 0.734. The Hall–Kier alpha value is -2.30. The van der Waals surface area contributed by atoms with Crippen LogP contribution in [0.25, 0.3) is 16.3 Å². The second kappa shape index (κ2) is 9.54. The van der Waals surface area contributed by atoms with Crippen LogP contribution in [0.15, 0.2) is 23.4 Å². The van der Waals surface area contributed by atoms with Crippen molar-refractivity contribution in [2.45, 2.75) is 42.9 Å². The van der Waals surface area contributed by atoms with Crippen LogP contribution in [0.3, 0.4) is 0 Å². The molecule has 2 fully saturated rings. The van der Waals surface area contributed by atoms with Crippen molar-refractivity contribution >= 4 is 32.7 Å². The lowest BCUT2D eigenvalue weighted by atomic mass is 10.0. The van der Waals surface area contributed by atoms with Gasteiger partial charge in [0.2, 0.25) is 10.0 Å². The number of hydrogen-bond donors (Lipinski definition) is 1. The number of halogens is 2. The number of nitrogens with zero attached hydrogens (tertiary/aromatic N) is 5. The number of alkyl halides is 2. The largest absolute Gasteiger partial charge is 0.382 e. The van der Waals surface area contributed by atoms with Crippen molar-refractivity contribution < 1.29 is 31.4 Å². The Morgan fingerprint density at radius 1 is 1.36 bits per heavy atom. The summed E-state index contributed by atoms with van der Waals surface area (Å²) in [4.78, 5) is 6.54. The van der Waals surface area contributed by atoms with E-state index < -0.39 is 27.0 Å². The average Bonchev–Trinajstić information content (AvgIpc) is 3.46. The molecule has 2 aliphatic rings. The molecule has 15 heteroatoms. The van der Waals surface area contributed by atoms with Crippen molar-refractivity contribution in [3.63, 3.8) is 0 Å². The number of pyridine rings is 1. The van der Waals surface area contributed by atoms with Gasteiger partial charge in [0.05, 0.1) is 50.0 Å². The van der Waals surface area contributed by atoms with Crippen LogP contribution in [0, 0.1) is 0 Å². The predicted molar refractivity (Wildman–Crippen MR) is 127 cm³/mol. The molecule has 5 rings (SSSR count). The van der Waals surface area contributed by atoms with Gasteiger partial charge < -0.3 is 19.1 Å². The van der Waals surface area contributed by atoms with Gasteiger partial charge in [0.1, 0.15) is 10.6 Å². The monoisotopic (exact) mass is 544 g/mol. The van der Waals surface area contributed by atoms with Crippen LogP contribution in [0.4, 0.5) is 14.5 Å². The Labute approximate surface area is 210 Å². The summed E-state index contributed by atoms with van der Waals surface area (Å²) in [7, 11) is -2.38. The van der Waals surface area contributed by atoms with Gasteiger partial charge in [0, 0.05) is 25.9 Å². The molecule has 2 saturated heterocycles. The van der Waals surface area contributed by atoms with Crippen LogP contribution in [-0.4, -0.2) is 85.8 Å². The van der Waals surface area contributed by atoms with E-state index in [9.17, 15) is 17.2 Å². The Kier molecular flexibility index (Phi) is 6.72. The van der Waals surface area contributed by atoms with Crippen LogP contribution in [0.2, 0.25) is 0 Å². The maximum atomic E-state index is 13.4. The number of aromatic nitrogens is 4. The number of fused-ring (bicyclic) bond motifs is 1. The number of hydrogen-bond acceptors (Lipinski definition) is 10. The highest BCUT2D eigenvalue weighted by Crippen LogP contribution is 2.35. The van der Waals surface area contributed by atoms with Gasteiger partial charge in [-0.2, -0.15) is 0 Å². The van der Waals surface area contributed by atoms with E-state index in [1.807, 2.05) is 11.8 Å². The fraction of sp³-hybridized carbons (Fsp3) is 0.571. The van der Waals surface area contributed by atoms with Crippen molar-refractivity contribution in [1.29, 1.82) is 0 Å². The predicted octanol–water partition coefficient (Wildman–Crippen LogP) is 2.10. The van der Waals surface area contributed by atoms with E-state index in [-0.39, 0.29) is 35.3 Å². The molecular weight excluding hydrogens is 518 g/mol. The van der Waals surface area contributed by atoms with E-state index in [1.54, 1.807) is 24.5 Å². The van der Waals surface area contributed by atoms with E-state index in [4.69, 9.17) is 14.2 Å². The number of ether oxygens (including phenoxy) is 3. The Bertz CT molecular complexity index is 1360. The van der Waals surface area contributed by atoms with Gasteiger partial charge in [0.25, 0.3) is 6.43 Å². The molecule has 0 unspecified atom stereocenters. The van der Waals surface area contributed by atoms with Crippen LogP contribution >= 0.6 is 11.3 Å². The summed E-state index contributed by atoms with van der Waals surface area (Å²) in [6.45, 7) is 5.49. The van der Waals surface area contributed by atoms with Crippen LogP contribution in [-0.2, 0) is 24.2 Å². The first-order valence-corrected chi connectivity index (χ1v) is 13.5. The molecule has 0 aromatic carbocycles. The standard InChI is InChI=1S/C21H26F2N6O5S2/c1-12-8-34-13(9-32-3)6-28(12)15-4-14(36(30,31)27-21(2)10-33-11-21)7-29-16(5-24-18(15)29)19-25-26-20(35-19)17(22)23/h4-5,7,12-13,17,27H,6,8-11H2,1-3H3/t12-,13-/m0/s1. The molecule has 0 bridgehead atoms. The van der Waals surface area contributed by atoms with E-state index >= 15 is 0 Å². The van der Waals surface area contributed by atoms with E-state index in [0.29, 0.717) is 36.8 Å². The summed E-state index contributed by atoms with van der Waals surface area (Å²) in [6, 6.07) is 1.49. The van der Waals surface area contributed by atoms with Gasteiger partial charge in [-0.3, -0.25) is 4.40 Å². The number of imidazole rings is 1. The second-order valence-corrected chi connectivity index (χ2v) is 11.9. The first-order chi connectivity index (χ1) is 17.1. The lowest BCUT2D eigenvalue weighted by Crippen LogP contribution is -2.59. The van der Waals surface area contributed by atoms with Crippen LogP contribution in [0.1, 0.15) is 25.3 Å². The molecule has 3 aromatic heterocycles. The van der Waals surface area contributed by atoms with Gasteiger partial charge in [-0.05, 0) is 19.9 Å². The molecule has 0 saturated carbocycles. The second-order valence-electron chi connectivity index (χ2n) is 9.22. The molecule has 2 atom stereocenters. The number of methoxy groups -OCH3 is 1. The fourth-order valence-corrected chi connectivity index (χ4v) is 6.38. The third-order valence-electron chi connectivity index (χ3n) is 6.11. The maximum absolute atomic E-state index is 13.4. The summed E-state index contributed by atoms with van der Waals surface area (Å²) in [5, 5.41) is 7.24. The number of nitrogens with one attached hydrogen (secondary N) is 1. The van der Waals surface area contributed by atoms with E-state index in [2.05, 4.69) is 19.9 Å². The zero-order valence-electron chi connectivity index (χ0n) is 19.8. The first kappa shape index (κ1) is 25.4. The summed E-state index contributed by atoms with van der Waals surface area (Å²) < 4.78 is 73.8. The van der Waals surface area contributed by atoms with Gasteiger partial charge in [-0.25, -0.2) is 26.9 Å². The Morgan fingerprint density at radius 3 is 2.78 bits per heavy atom. The molecular formula is C21H26F2N6O5S2. The fourth-order valence-electron chi connectivity index (χ4n) is 4.28. The molecule has 3 aromatic rings. The van der Waals surface area contributed by atoms with Gasteiger partial charge in [-0.1, -0.05) is 11.3 Å². The van der Waals surface area contributed by atoms with E-state index in [0.717, 1.165) is 11.3 Å². The lowest BCUT2D eigenvalue weighted by Gasteiger charge is -2.40. The molecule has 196 valence electrons. The summed E-state index contributed by atoms with van der Waals surface area (Å²) in [5.74, 6) is 0. The van der Waals surface area contributed by atoms with Gasteiger partial charge in [0.15, 0.2) is 15.7 Å². The van der Waals surface area contributed by atoms with Crippen molar-refractivity contribution in [3.05, 3.63) is 23.5 Å². The Morgan fingerprint density at radius 2 is 2.14 bits per heavy atom. The highest BCUT2D eigenvalue weighted by Gasteiger charge is 2.39. The molecule has 0 spiro atoms. The summed E-state index contributed by atoms with van der Waals surface area (Å²) in [6.07, 6.45) is -0.0736. The number of anilines is 1. The van der Waals surface area contributed by atoms with Crippen molar-refractivity contribution in [2.75, 3.05) is 45.0 Å². The average molecular weight is 545 g/mol. The van der Waals surface area contributed by atoms with E-state index in [1.165, 1.54) is 12.4 Å². The first-order valence-electron chi connectivity index (χ1n) is 11.2. The molecule has 11 nitrogen and oxygen atoms in total. The SMILES string of the molecule is COC[C@@H]1CN(c2cc(S(=O)(=O)NC3(C)COC3)cn3c(-c4nnc(C(F)F)s4)cnc23)[C@@H](C)CO1. The third kappa shape index (κ3) is 4.70. The lowest BCUT2D eigenvalue weighted by molar-refractivity contribution is -0.0523. The topological polar surface area (TPSA) is 120 Å². The minimum Gasteiger partial charge on any atom is -0.382 e. The molecule has 0 amide bonds. The van der Waals surface area contributed by atoms with Gasteiger partial charge in [-0.15, -0.1) is 10.2 Å². The highest BCUT2D eigenvalue weighted by atomic mass is 32.2. The minimum atomic E-state index is -3.97. The van der Waals surface area contributed by atoms with Crippen LogP contribution in [0.5, 0.6) is 0 Å². The molecule has 5 heterocycles. The highest BCUT2D eigenvalue weighted by molar-refractivity contribution is 7.89. The third-order valence-corrected chi connectivity index (χ3v) is 8.67. The van der Waals surface area contributed by atoms with Gasteiger partial charge >= 0.3 is 0 Å². The number of sulfonamides is 1. The smallest absolute Gasteiger partial charge is 0.291 e. The minimum absolute atomic E-state index is 0.00189.